The van der Waals surface area contributed by atoms with Crippen LogP contribution in [0, 0.1) is 12.7 Å². The lowest BCUT2D eigenvalue weighted by Gasteiger charge is -2.23. The molecular formula is C26H31FN6O6S. The molecule has 1 aliphatic heterocycles. The topological polar surface area (TPSA) is 129 Å². The second kappa shape index (κ2) is 12.5. The molecule has 0 aliphatic carbocycles. The Labute approximate surface area is 233 Å². The predicted octanol–water partition coefficient (Wildman–Crippen LogP) is 2.57. The minimum Gasteiger partial charge on any atom is -0.496 e. The van der Waals surface area contributed by atoms with Crippen molar-refractivity contribution < 1.29 is 23.4 Å². The molecule has 0 radical (unpaired) electrons. The van der Waals surface area contributed by atoms with Crippen molar-refractivity contribution in [1.29, 1.82) is 0 Å². The SMILES string of the molecule is C=NN(/N=C\C)c1sc2c(c1C)c(=O)n([C@@H]1CCNC1=O)c(=O)n2C[C@H](OCCOC)c1cc(F)ccc1OC. The lowest BCUT2D eigenvalue weighted by molar-refractivity contribution is -0.122. The molecular weight excluding hydrogens is 543 g/mol. The largest absolute Gasteiger partial charge is 0.496 e. The number of hydrazone groups is 2. The smallest absolute Gasteiger partial charge is 0.332 e. The van der Waals surface area contributed by atoms with Crippen molar-refractivity contribution in [3.63, 3.8) is 0 Å². The van der Waals surface area contributed by atoms with Gasteiger partial charge in [0.25, 0.3) is 5.56 Å². The van der Waals surface area contributed by atoms with Gasteiger partial charge >= 0.3 is 5.69 Å². The van der Waals surface area contributed by atoms with Crippen molar-refractivity contribution in [1.82, 2.24) is 14.5 Å². The third-order valence-corrected chi connectivity index (χ3v) is 7.86. The number of methoxy groups -OCH3 is 2. The Morgan fingerprint density at radius 1 is 1.30 bits per heavy atom. The van der Waals surface area contributed by atoms with Crippen LogP contribution in [-0.4, -0.2) is 62.0 Å². The minimum absolute atomic E-state index is 0.120. The normalized spacial score (nSPS) is 16.0. The zero-order valence-corrected chi connectivity index (χ0v) is 23.5. The fourth-order valence-corrected chi connectivity index (χ4v) is 5.94. The summed E-state index contributed by atoms with van der Waals surface area (Å²) in [6.45, 7) is 7.58. The number of rotatable bonds is 12. The van der Waals surface area contributed by atoms with Crippen LogP contribution in [0.5, 0.6) is 5.75 Å². The second-order valence-electron chi connectivity index (χ2n) is 8.92. The van der Waals surface area contributed by atoms with Gasteiger partial charge < -0.3 is 19.5 Å². The summed E-state index contributed by atoms with van der Waals surface area (Å²) >= 11 is 1.12. The first-order chi connectivity index (χ1) is 19.3. The number of carbonyl (C=O) groups is 1. The Morgan fingerprint density at radius 2 is 2.08 bits per heavy atom. The molecule has 1 aromatic carbocycles. The number of nitrogens with zero attached hydrogens (tertiary/aromatic N) is 5. The molecule has 4 rings (SSSR count). The first-order valence-corrected chi connectivity index (χ1v) is 13.3. The van der Waals surface area contributed by atoms with E-state index in [1.807, 2.05) is 0 Å². The molecule has 1 fully saturated rings. The highest BCUT2D eigenvalue weighted by Gasteiger charge is 2.33. The van der Waals surface area contributed by atoms with Gasteiger partial charge in [0, 0.05) is 37.7 Å². The molecule has 3 aromatic rings. The van der Waals surface area contributed by atoms with Crippen molar-refractivity contribution in [3.05, 3.63) is 56.0 Å². The van der Waals surface area contributed by atoms with Gasteiger partial charge in [0.1, 0.15) is 33.5 Å². The maximum absolute atomic E-state index is 14.4. The van der Waals surface area contributed by atoms with Crippen molar-refractivity contribution in [3.8, 4) is 5.75 Å². The number of hydrogen-bond acceptors (Lipinski definition) is 10. The number of halogens is 1. The number of carbonyl (C=O) groups excluding carboxylic acids is 1. The quantitative estimate of drug-likeness (QED) is 0.200. The monoisotopic (exact) mass is 574 g/mol. The Hall–Kier alpha value is -3.88. The highest BCUT2D eigenvalue weighted by atomic mass is 32.1. The van der Waals surface area contributed by atoms with Gasteiger partial charge in [-0.3, -0.25) is 14.2 Å². The summed E-state index contributed by atoms with van der Waals surface area (Å²) in [6, 6.07) is 3.04. The lowest BCUT2D eigenvalue weighted by Crippen LogP contribution is -2.44. The van der Waals surface area contributed by atoms with Crippen LogP contribution in [0.25, 0.3) is 10.2 Å². The summed E-state index contributed by atoms with van der Waals surface area (Å²) < 4.78 is 33.4. The Bertz CT molecular complexity index is 1560. The van der Waals surface area contributed by atoms with Gasteiger partial charge in [0.2, 0.25) is 5.91 Å². The summed E-state index contributed by atoms with van der Waals surface area (Å²) in [5.41, 5.74) is -0.402. The second-order valence-corrected chi connectivity index (χ2v) is 9.90. The van der Waals surface area contributed by atoms with Gasteiger partial charge in [-0.25, -0.2) is 13.8 Å². The maximum Gasteiger partial charge on any atom is 0.332 e. The van der Waals surface area contributed by atoms with E-state index in [1.54, 1.807) is 13.8 Å². The van der Waals surface area contributed by atoms with E-state index in [2.05, 4.69) is 22.2 Å². The highest BCUT2D eigenvalue weighted by Crippen LogP contribution is 2.37. The first-order valence-electron chi connectivity index (χ1n) is 12.5. The molecule has 12 nitrogen and oxygen atoms in total. The molecule has 1 amide bonds. The van der Waals surface area contributed by atoms with Crippen LogP contribution in [0.4, 0.5) is 9.39 Å². The molecule has 214 valence electrons. The lowest BCUT2D eigenvalue weighted by atomic mass is 10.1. The number of anilines is 1. The fourth-order valence-electron chi connectivity index (χ4n) is 4.71. The Morgan fingerprint density at radius 3 is 2.70 bits per heavy atom. The predicted molar refractivity (Wildman–Crippen MR) is 151 cm³/mol. The molecule has 1 N–H and O–H groups in total. The van der Waals surface area contributed by atoms with Gasteiger partial charge in [0.15, 0.2) is 0 Å². The van der Waals surface area contributed by atoms with Gasteiger partial charge in [-0.05, 0) is 38.5 Å². The number of amides is 1. The van der Waals surface area contributed by atoms with Crippen molar-refractivity contribution in [2.24, 2.45) is 10.2 Å². The number of fused-ring (bicyclic) bond motifs is 1. The summed E-state index contributed by atoms with van der Waals surface area (Å²) in [5.74, 6) is -0.567. The van der Waals surface area contributed by atoms with E-state index in [-0.39, 0.29) is 31.6 Å². The molecule has 0 bridgehead atoms. The van der Waals surface area contributed by atoms with E-state index < -0.39 is 35.1 Å². The van der Waals surface area contributed by atoms with E-state index >= 15 is 0 Å². The molecule has 14 heteroatoms. The van der Waals surface area contributed by atoms with E-state index in [9.17, 15) is 18.8 Å². The van der Waals surface area contributed by atoms with Crippen LogP contribution < -0.4 is 26.4 Å². The third kappa shape index (κ3) is 5.42. The van der Waals surface area contributed by atoms with Crippen LogP contribution in [0.3, 0.4) is 0 Å². The van der Waals surface area contributed by atoms with Crippen molar-refractivity contribution in [2.75, 3.05) is 39.1 Å². The van der Waals surface area contributed by atoms with E-state index in [0.717, 1.165) is 15.9 Å². The van der Waals surface area contributed by atoms with Gasteiger partial charge in [-0.1, -0.05) is 11.3 Å². The molecule has 1 saturated heterocycles. The summed E-state index contributed by atoms with van der Waals surface area (Å²) in [7, 11) is 2.97. The van der Waals surface area contributed by atoms with Gasteiger partial charge in [0.05, 0.1) is 32.3 Å². The van der Waals surface area contributed by atoms with Crippen molar-refractivity contribution in [2.45, 2.75) is 39.0 Å². The number of aromatic nitrogens is 2. The molecule has 2 atom stereocenters. The van der Waals surface area contributed by atoms with Crippen molar-refractivity contribution >= 4 is 45.4 Å². The molecule has 3 heterocycles. The summed E-state index contributed by atoms with van der Waals surface area (Å²) in [6.07, 6.45) is 0.919. The number of nitrogens with one attached hydrogen (secondary N) is 1. The van der Waals surface area contributed by atoms with E-state index in [4.69, 9.17) is 14.2 Å². The number of ether oxygens (including phenoxy) is 3. The van der Waals surface area contributed by atoms with Crippen LogP contribution >= 0.6 is 11.3 Å². The third-order valence-electron chi connectivity index (χ3n) is 6.58. The van der Waals surface area contributed by atoms with Crippen LogP contribution in [0.2, 0.25) is 0 Å². The zero-order valence-electron chi connectivity index (χ0n) is 22.7. The Kier molecular flexibility index (Phi) is 9.12. The van der Waals surface area contributed by atoms with Gasteiger partial charge in [-0.15, -0.1) is 5.12 Å². The first kappa shape index (κ1) is 29.1. The number of benzene rings is 1. The molecule has 2 aromatic heterocycles. The highest BCUT2D eigenvalue weighted by molar-refractivity contribution is 7.22. The molecule has 0 saturated carbocycles. The average molecular weight is 575 g/mol. The Balaban J connectivity index is 2.00. The molecule has 0 spiro atoms. The van der Waals surface area contributed by atoms with Crippen LogP contribution in [0.1, 0.15) is 36.6 Å². The zero-order chi connectivity index (χ0) is 29.0. The molecule has 1 aliphatic rings. The summed E-state index contributed by atoms with van der Waals surface area (Å²) in [4.78, 5) is 40.8. The number of hydrogen-bond donors (Lipinski definition) is 1. The van der Waals surface area contributed by atoms with E-state index in [1.165, 1.54) is 48.3 Å². The average Bonchev–Trinajstić information content (AvgIpc) is 3.51. The van der Waals surface area contributed by atoms with Gasteiger partial charge in [-0.2, -0.15) is 10.2 Å². The molecule has 0 unspecified atom stereocenters. The minimum atomic E-state index is -0.975. The van der Waals surface area contributed by atoms with E-state index in [0.29, 0.717) is 33.3 Å². The van der Waals surface area contributed by atoms with Crippen LogP contribution in [-0.2, 0) is 20.8 Å². The van der Waals surface area contributed by atoms with Crippen LogP contribution in [0.15, 0.2) is 38.0 Å². The fraction of sp³-hybridized carbons (Fsp3) is 0.423. The number of thiophene rings is 1. The molecule has 40 heavy (non-hydrogen) atoms. The maximum atomic E-state index is 14.4. The summed E-state index contributed by atoms with van der Waals surface area (Å²) in [5, 5.41) is 12.8. The number of aryl methyl sites for hydroxylation is 1. The standard InChI is InChI=1S/C26H31FN6O6S/c1-6-30-33(28-3)24-15(2)21-23(35)32(18-9-10-29-22(18)34)26(36)31(25(21)40-24)14-20(39-12-11-37-4)17-13-16(27)7-8-19(17)38-5/h6-8,13,18,20H,3,9-12,14H2,1-2,4-5H3,(H,29,34)/b30-6-/t18-,20+/m1/s1.